The lowest BCUT2D eigenvalue weighted by molar-refractivity contribution is -0.120. The fourth-order valence-corrected chi connectivity index (χ4v) is 5.77. The molecule has 8 heteroatoms. The molecular weight excluding hydrogens is 416 g/mol. The van der Waals surface area contributed by atoms with E-state index in [1.54, 1.807) is 36.0 Å². The molecule has 28 heavy (non-hydrogen) atoms. The largest absolute Gasteiger partial charge is 0.325 e. The summed E-state index contributed by atoms with van der Waals surface area (Å²) in [6.07, 6.45) is 3.28. The van der Waals surface area contributed by atoms with Gasteiger partial charge in [0.1, 0.15) is 0 Å². The zero-order valence-corrected chi connectivity index (χ0v) is 18.0. The van der Waals surface area contributed by atoms with Crippen LogP contribution in [0.4, 0.5) is 5.69 Å². The minimum absolute atomic E-state index is 0.140. The van der Waals surface area contributed by atoms with Crippen molar-refractivity contribution in [3.05, 3.63) is 59.1 Å². The van der Waals surface area contributed by atoms with Gasteiger partial charge in [-0.25, -0.2) is 12.7 Å². The van der Waals surface area contributed by atoms with Crippen LogP contribution in [0.25, 0.3) is 0 Å². The number of carbonyl (C=O) groups excluding carboxylic acids is 1. The van der Waals surface area contributed by atoms with Crippen molar-refractivity contribution in [3.8, 4) is 0 Å². The van der Waals surface area contributed by atoms with Gasteiger partial charge in [0.25, 0.3) is 0 Å². The second kappa shape index (κ2) is 9.31. The molecule has 1 amide bonds. The van der Waals surface area contributed by atoms with Crippen molar-refractivity contribution in [1.29, 1.82) is 0 Å². The zero-order chi connectivity index (χ0) is 20.1. The van der Waals surface area contributed by atoms with Crippen LogP contribution in [0.5, 0.6) is 0 Å². The number of piperidine rings is 1. The maximum Gasteiger partial charge on any atom is 0.228 e. The number of carbonyl (C=O) groups is 1. The van der Waals surface area contributed by atoms with Gasteiger partial charge in [-0.1, -0.05) is 41.9 Å². The molecule has 1 aliphatic heterocycles. The summed E-state index contributed by atoms with van der Waals surface area (Å²) in [6, 6.07) is 14.5. The summed E-state index contributed by atoms with van der Waals surface area (Å²) < 4.78 is 27.2. The second-order valence-corrected chi connectivity index (χ2v) is 9.96. The molecule has 0 spiro atoms. The van der Waals surface area contributed by atoms with Crippen LogP contribution in [0, 0.1) is 5.92 Å². The molecule has 0 aliphatic carbocycles. The molecule has 1 aliphatic rings. The number of halogens is 1. The fourth-order valence-electron chi connectivity index (χ4n) is 3.30. The van der Waals surface area contributed by atoms with E-state index in [0.29, 0.717) is 30.0 Å². The lowest BCUT2D eigenvalue weighted by Crippen LogP contribution is -2.44. The third kappa shape index (κ3) is 5.08. The molecule has 0 aromatic heterocycles. The maximum atomic E-state index is 12.9. The highest BCUT2D eigenvalue weighted by Gasteiger charge is 2.32. The highest BCUT2D eigenvalue weighted by atomic mass is 35.5. The lowest BCUT2D eigenvalue weighted by atomic mass is 9.99. The van der Waals surface area contributed by atoms with Crippen LogP contribution in [0.2, 0.25) is 5.02 Å². The Bertz CT molecular complexity index is 950. The number of nitrogens with zero attached hydrogens (tertiary/aromatic N) is 1. The van der Waals surface area contributed by atoms with Crippen molar-refractivity contribution in [2.75, 3.05) is 24.7 Å². The Kier molecular flexibility index (Phi) is 7.04. The molecule has 2 aromatic carbocycles. The van der Waals surface area contributed by atoms with Crippen molar-refractivity contribution in [3.63, 3.8) is 0 Å². The van der Waals surface area contributed by atoms with E-state index in [1.165, 1.54) is 4.31 Å². The summed E-state index contributed by atoms with van der Waals surface area (Å²) in [6.45, 7) is 0.623. The topological polar surface area (TPSA) is 66.5 Å². The fraction of sp³-hybridized carbons (Fsp3) is 0.350. The van der Waals surface area contributed by atoms with Gasteiger partial charge in [0.05, 0.1) is 17.4 Å². The van der Waals surface area contributed by atoms with Gasteiger partial charge in [0.15, 0.2) is 0 Å². The molecule has 0 bridgehead atoms. The second-order valence-electron chi connectivity index (χ2n) is 6.73. The van der Waals surface area contributed by atoms with Crippen LogP contribution in [0.15, 0.2) is 53.4 Å². The highest BCUT2D eigenvalue weighted by molar-refractivity contribution is 7.98. The summed E-state index contributed by atoms with van der Waals surface area (Å²) in [7, 11) is -3.55. The summed E-state index contributed by atoms with van der Waals surface area (Å²) in [5, 5.41) is 3.40. The normalized spacial score (nSPS) is 18.0. The molecule has 1 N–H and O–H groups in total. The molecule has 1 fully saturated rings. The molecule has 0 saturated carbocycles. The number of hydrogen-bond acceptors (Lipinski definition) is 4. The van der Waals surface area contributed by atoms with E-state index in [0.717, 1.165) is 10.6 Å². The SMILES string of the molecule is CSc1ccccc1NC(=O)C1CCCN(S(=O)(=O)Cc2ccccc2Cl)C1. The van der Waals surface area contributed by atoms with Gasteiger partial charge in [-0.2, -0.15) is 0 Å². The number of benzene rings is 2. The van der Waals surface area contributed by atoms with Crippen LogP contribution in [0.3, 0.4) is 0 Å². The highest BCUT2D eigenvalue weighted by Crippen LogP contribution is 2.28. The van der Waals surface area contributed by atoms with E-state index < -0.39 is 10.0 Å². The van der Waals surface area contributed by atoms with Crippen LogP contribution in [-0.2, 0) is 20.6 Å². The van der Waals surface area contributed by atoms with Crippen LogP contribution < -0.4 is 5.32 Å². The first-order chi connectivity index (χ1) is 13.4. The Balaban J connectivity index is 1.69. The summed E-state index contributed by atoms with van der Waals surface area (Å²) in [5.41, 5.74) is 1.33. The Hall–Kier alpha value is -1.54. The molecule has 1 heterocycles. The molecule has 1 unspecified atom stereocenters. The molecule has 5 nitrogen and oxygen atoms in total. The third-order valence-corrected chi connectivity index (χ3v) is 7.77. The van der Waals surface area contributed by atoms with Crippen molar-refractivity contribution < 1.29 is 13.2 Å². The summed E-state index contributed by atoms with van der Waals surface area (Å²) in [5.74, 6) is -0.667. The molecule has 3 rings (SSSR count). The number of anilines is 1. The number of sulfonamides is 1. The predicted octanol–water partition coefficient (Wildman–Crippen LogP) is 4.24. The van der Waals surface area contributed by atoms with E-state index in [9.17, 15) is 13.2 Å². The number of nitrogens with one attached hydrogen (secondary N) is 1. The zero-order valence-electron chi connectivity index (χ0n) is 15.6. The van der Waals surface area contributed by atoms with Gasteiger partial charge in [0, 0.05) is 23.0 Å². The minimum Gasteiger partial charge on any atom is -0.325 e. The van der Waals surface area contributed by atoms with Crippen molar-refractivity contribution >= 4 is 45.0 Å². The minimum atomic E-state index is -3.55. The van der Waals surface area contributed by atoms with E-state index in [4.69, 9.17) is 11.6 Å². The van der Waals surface area contributed by atoms with Crippen molar-refractivity contribution in [2.24, 2.45) is 5.92 Å². The molecule has 2 aromatic rings. The summed E-state index contributed by atoms with van der Waals surface area (Å²) >= 11 is 7.68. The number of rotatable bonds is 6. The average Bonchev–Trinajstić information content (AvgIpc) is 2.70. The maximum absolute atomic E-state index is 12.9. The van der Waals surface area contributed by atoms with Crippen molar-refractivity contribution in [2.45, 2.75) is 23.5 Å². The quantitative estimate of drug-likeness (QED) is 0.685. The number of amides is 1. The summed E-state index contributed by atoms with van der Waals surface area (Å²) in [4.78, 5) is 13.7. The molecule has 1 saturated heterocycles. The van der Waals surface area contributed by atoms with Gasteiger partial charge in [-0.15, -0.1) is 11.8 Å². The van der Waals surface area contributed by atoms with E-state index in [1.807, 2.05) is 30.5 Å². The Morgan fingerprint density at radius 3 is 2.68 bits per heavy atom. The number of para-hydroxylation sites is 1. The lowest BCUT2D eigenvalue weighted by Gasteiger charge is -2.31. The van der Waals surface area contributed by atoms with Gasteiger partial charge in [-0.05, 0) is 42.9 Å². The first-order valence-corrected chi connectivity index (χ1v) is 12.3. The van der Waals surface area contributed by atoms with E-state index in [2.05, 4.69) is 5.32 Å². The standard InChI is InChI=1S/C20H23ClN2O3S2/c1-27-19-11-5-4-10-18(19)22-20(24)15-8-6-12-23(13-15)28(25,26)14-16-7-2-3-9-17(16)21/h2-5,7,9-11,15H,6,8,12-14H2,1H3,(H,22,24). The number of thioether (sulfide) groups is 1. The molecular formula is C20H23ClN2O3S2. The van der Waals surface area contributed by atoms with Crippen LogP contribution in [-0.4, -0.2) is 38.0 Å². The first-order valence-electron chi connectivity index (χ1n) is 9.06. The monoisotopic (exact) mass is 438 g/mol. The molecule has 1 atom stereocenters. The van der Waals surface area contributed by atoms with Gasteiger partial charge >= 0.3 is 0 Å². The Morgan fingerprint density at radius 1 is 1.21 bits per heavy atom. The average molecular weight is 439 g/mol. The third-order valence-electron chi connectivity index (χ3n) is 4.81. The van der Waals surface area contributed by atoms with Crippen LogP contribution >= 0.6 is 23.4 Å². The van der Waals surface area contributed by atoms with Crippen molar-refractivity contribution in [1.82, 2.24) is 4.31 Å². The Morgan fingerprint density at radius 2 is 1.93 bits per heavy atom. The number of hydrogen-bond donors (Lipinski definition) is 1. The first kappa shape index (κ1) is 21.2. The Labute approximate surface area is 175 Å². The van der Waals surface area contributed by atoms with Gasteiger partial charge < -0.3 is 5.32 Å². The van der Waals surface area contributed by atoms with Crippen LogP contribution in [0.1, 0.15) is 18.4 Å². The van der Waals surface area contributed by atoms with E-state index >= 15 is 0 Å². The van der Waals surface area contributed by atoms with E-state index in [-0.39, 0.29) is 24.1 Å². The van der Waals surface area contributed by atoms with Gasteiger partial charge in [0.2, 0.25) is 15.9 Å². The molecule has 150 valence electrons. The predicted molar refractivity (Wildman–Crippen MR) is 115 cm³/mol. The molecule has 0 radical (unpaired) electrons. The van der Waals surface area contributed by atoms with Gasteiger partial charge in [-0.3, -0.25) is 4.79 Å². The smallest absolute Gasteiger partial charge is 0.228 e.